The minimum atomic E-state index is -3.85. The third kappa shape index (κ3) is 3.53. The molecule has 3 rings (SSSR count). The number of aliphatic hydroxyl groups excluding tert-OH is 2. The van der Waals surface area contributed by atoms with Gasteiger partial charge >= 0.3 is 7.60 Å². The van der Waals surface area contributed by atoms with Crippen molar-refractivity contribution in [3.05, 3.63) is 18.3 Å². The third-order valence-corrected chi connectivity index (χ3v) is 3.88. The van der Waals surface area contributed by atoms with Gasteiger partial charge in [0.1, 0.15) is 42.8 Å². The summed E-state index contributed by atoms with van der Waals surface area (Å²) in [6, 6.07) is 1.88. The van der Waals surface area contributed by atoms with Crippen LogP contribution in [-0.2, 0) is 18.9 Å². The summed E-state index contributed by atoms with van der Waals surface area (Å²) in [5, 5.41) is 29.3. The van der Waals surface area contributed by atoms with E-state index >= 15 is 0 Å². The second-order valence-corrected chi connectivity index (χ2v) is 7.12. The first-order valence-corrected chi connectivity index (χ1v) is 9.05. The lowest BCUT2D eigenvalue weighted by Crippen LogP contribution is -2.33. The number of aromatic nitrogens is 4. The molecule has 3 N–H and O–H groups in total. The molecule has 134 valence electrons. The highest BCUT2D eigenvalue weighted by molar-refractivity contribution is 7.51. The Kier molecular flexibility index (Phi) is 4.81. The molecule has 1 saturated heterocycles. The first-order valence-electron chi connectivity index (χ1n) is 7.02. The van der Waals surface area contributed by atoms with E-state index in [0.717, 1.165) is 6.66 Å². The molecular formula is C12H14N5O7P. The number of hydrogen-bond acceptors (Lipinski definition) is 10. The Hall–Kier alpha value is -1.97. The standard InChI is InChI=1S/C12H14N5O7P/c1-25(20,21)24-22-3-7-9(18)10(19)12(23-7)17-5-16-8-6(2-13)14-4-15-11(8)17/h4-5,7,9-10,12,18-19H,3H2,1H3,(H,20,21)/t7-,9-,10-,12-/m1/s1. The molecule has 13 heteroatoms. The highest BCUT2D eigenvalue weighted by Crippen LogP contribution is 2.37. The molecule has 2 aromatic rings. The Morgan fingerprint density at radius 3 is 2.84 bits per heavy atom. The van der Waals surface area contributed by atoms with Crippen LogP contribution in [0.4, 0.5) is 0 Å². The number of rotatable bonds is 5. The van der Waals surface area contributed by atoms with E-state index in [0.29, 0.717) is 0 Å². The van der Waals surface area contributed by atoms with Crippen molar-refractivity contribution in [2.45, 2.75) is 24.5 Å². The van der Waals surface area contributed by atoms with Gasteiger partial charge in [-0.05, 0) is 0 Å². The number of imidazole rings is 1. The number of hydrogen-bond donors (Lipinski definition) is 3. The van der Waals surface area contributed by atoms with Crippen molar-refractivity contribution in [1.82, 2.24) is 19.5 Å². The molecule has 5 atom stereocenters. The predicted molar refractivity (Wildman–Crippen MR) is 78.7 cm³/mol. The van der Waals surface area contributed by atoms with Crippen LogP contribution in [0.25, 0.3) is 11.2 Å². The Morgan fingerprint density at radius 1 is 1.40 bits per heavy atom. The highest BCUT2D eigenvalue weighted by atomic mass is 31.2. The summed E-state index contributed by atoms with van der Waals surface area (Å²) in [6.07, 6.45) is -2.31. The molecule has 1 aliphatic heterocycles. The maximum Gasteiger partial charge on any atom is 0.352 e. The summed E-state index contributed by atoms with van der Waals surface area (Å²) >= 11 is 0. The smallest absolute Gasteiger partial charge is 0.352 e. The Labute approximate surface area is 140 Å². The maximum absolute atomic E-state index is 11.0. The van der Waals surface area contributed by atoms with Gasteiger partial charge in [0.05, 0.1) is 6.33 Å². The molecule has 0 spiro atoms. The lowest BCUT2D eigenvalue weighted by Gasteiger charge is -2.16. The molecule has 0 amide bonds. The molecule has 2 aromatic heterocycles. The minimum absolute atomic E-state index is 0.0618. The average Bonchev–Trinajstić information content (AvgIpc) is 3.10. The Morgan fingerprint density at radius 2 is 2.16 bits per heavy atom. The SMILES string of the molecule is CP(=O)(O)OOC[C@H]1O[C@@H](n2cnc3c(C#N)ncnc32)[C@H](O)[C@@H]1O. The minimum Gasteiger partial charge on any atom is -0.387 e. The van der Waals surface area contributed by atoms with Crippen molar-refractivity contribution in [1.29, 1.82) is 5.26 Å². The molecule has 1 aliphatic rings. The molecule has 3 heterocycles. The van der Waals surface area contributed by atoms with Crippen LogP contribution in [0.15, 0.2) is 12.7 Å². The van der Waals surface area contributed by atoms with Gasteiger partial charge in [-0.1, -0.05) is 0 Å². The van der Waals surface area contributed by atoms with Crippen molar-refractivity contribution >= 4 is 18.8 Å². The number of nitriles is 1. The molecule has 1 fully saturated rings. The Balaban J connectivity index is 1.80. The van der Waals surface area contributed by atoms with Gasteiger partial charge in [-0.15, -0.1) is 4.67 Å². The lowest BCUT2D eigenvalue weighted by molar-refractivity contribution is -0.238. The van der Waals surface area contributed by atoms with E-state index in [-0.39, 0.29) is 16.9 Å². The second-order valence-electron chi connectivity index (χ2n) is 5.37. The fourth-order valence-electron chi connectivity index (χ4n) is 2.41. The fourth-order valence-corrected chi connectivity index (χ4v) is 2.67. The lowest BCUT2D eigenvalue weighted by atomic mass is 10.1. The highest BCUT2D eigenvalue weighted by Gasteiger charge is 2.44. The number of fused-ring (bicyclic) bond motifs is 1. The molecule has 25 heavy (non-hydrogen) atoms. The van der Waals surface area contributed by atoms with Crippen LogP contribution < -0.4 is 0 Å². The van der Waals surface area contributed by atoms with E-state index in [4.69, 9.17) is 14.9 Å². The van der Waals surface area contributed by atoms with Gasteiger partial charge < -0.3 is 19.8 Å². The normalized spacial score (nSPS) is 28.8. The van der Waals surface area contributed by atoms with E-state index in [1.165, 1.54) is 17.2 Å². The van der Waals surface area contributed by atoms with Gasteiger partial charge in [0, 0.05) is 6.66 Å². The fraction of sp³-hybridized carbons (Fsp3) is 0.500. The molecule has 0 aliphatic carbocycles. The topological polar surface area (TPSA) is 173 Å². The zero-order valence-corrected chi connectivity index (χ0v) is 13.7. The molecule has 0 radical (unpaired) electrons. The van der Waals surface area contributed by atoms with Crippen molar-refractivity contribution in [2.75, 3.05) is 13.3 Å². The van der Waals surface area contributed by atoms with Crippen LogP contribution in [0.1, 0.15) is 11.9 Å². The van der Waals surface area contributed by atoms with Crippen molar-refractivity contribution in [2.24, 2.45) is 0 Å². The van der Waals surface area contributed by atoms with E-state index < -0.39 is 38.7 Å². The quantitative estimate of drug-likeness (QED) is 0.337. The summed E-state index contributed by atoms with van der Waals surface area (Å²) < 4.78 is 22.1. The molecule has 0 aromatic carbocycles. The predicted octanol–water partition coefficient (Wildman–Crippen LogP) is -0.919. The molecule has 1 unspecified atom stereocenters. The summed E-state index contributed by atoms with van der Waals surface area (Å²) in [6.45, 7) is 0.541. The summed E-state index contributed by atoms with van der Waals surface area (Å²) in [4.78, 5) is 25.4. The van der Waals surface area contributed by atoms with E-state index in [9.17, 15) is 14.8 Å². The van der Waals surface area contributed by atoms with E-state index in [1.54, 1.807) is 0 Å². The third-order valence-electron chi connectivity index (χ3n) is 3.50. The van der Waals surface area contributed by atoms with Crippen molar-refractivity contribution in [3.8, 4) is 6.07 Å². The van der Waals surface area contributed by atoms with Gasteiger partial charge in [-0.3, -0.25) is 9.13 Å². The van der Waals surface area contributed by atoms with Gasteiger partial charge in [0.2, 0.25) is 0 Å². The van der Waals surface area contributed by atoms with E-state index in [2.05, 4.69) is 24.5 Å². The molecule has 0 saturated carbocycles. The monoisotopic (exact) mass is 371 g/mol. The summed E-state index contributed by atoms with van der Waals surface area (Å²) in [7, 11) is -3.85. The summed E-state index contributed by atoms with van der Waals surface area (Å²) in [5.74, 6) is 0. The van der Waals surface area contributed by atoms with Crippen LogP contribution >= 0.6 is 7.60 Å². The zero-order valence-electron chi connectivity index (χ0n) is 12.8. The largest absolute Gasteiger partial charge is 0.387 e. The molecule has 0 bridgehead atoms. The number of ether oxygens (including phenoxy) is 1. The first kappa shape index (κ1) is 17.8. The van der Waals surface area contributed by atoms with Crippen molar-refractivity contribution < 1.29 is 34.0 Å². The summed E-state index contributed by atoms with van der Waals surface area (Å²) in [5.41, 5.74) is 0.534. The van der Waals surface area contributed by atoms with Gasteiger partial charge in [-0.25, -0.2) is 19.8 Å². The maximum atomic E-state index is 11.0. The van der Waals surface area contributed by atoms with Crippen LogP contribution in [0.2, 0.25) is 0 Å². The van der Waals surface area contributed by atoms with Crippen LogP contribution in [0, 0.1) is 11.3 Å². The van der Waals surface area contributed by atoms with Gasteiger partial charge in [-0.2, -0.15) is 5.26 Å². The van der Waals surface area contributed by atoms with E-state index in [1.807, 2.05) is 6.07 Å². The Bertz CT molecular complexity index is 861. The number of nitrogens with zero attached hydrogens (tertiary/aromatic N) is 5. The zero-order chi connectivity index (χ0) is 18.2. The van der Waals surface area contributed by atoms with Crippen LogP contribution in [0.3, 0.4) is 0 Å². The van der Waals surface area contributed by atoms with Crippen molar-refractivity contribution in [3.63, 3.8) is 0 Å². The van der Waals surface area contributed by atoms with Gasteiger partial charge in [0.25, 0.3) is 0 Å². The second kappa shape index (κ2) is 6.74. The van der Waals surface area contributed by atoms with Crippen LogP contribution in [-0.4, -0.2) is 66.2 Å². The first-order chi connectivity index (χ1) is 11.8. The van der Waals surface area contributed by atoms with Gasteiger partial charge in [0.15, 0.2) is 17.6 Å². The number of aliphatic hydroxyl groups is 2. The molecular weight excluding hydrogens is 357 g/mol. The molecule has 12 nitrogen and oxygen atoms in total. The average molecular weight is 371 g/mol. The van der Waals surface area contributed by atoms with Crippen LogP contribution in [0.5, 0.6) is 0 Å².